The highest BCUT2D eigenvalue weighted by molar-refractivity contribution is 5.92. The molecular formula is C15H19F3N6O. The molecule has 0 unspecified atom stereocenters. The van der Waals surface area contributed by atoms with E-state index < -0.39 is 11.9 Å². The highest BCUT2D eigenvalue weighted by atomic mass is 19.4. The first kappa shape index (κ1) is 17.4. The number of rotatable bonds is 3. The van der Waals surface area contributed by atoms with Crippen LogP contribution in [-0.4, -0.2) is 48.7 Å². The Morgan fingerprint density at radius 2 is 2.00 bits per heavy atom. The minimum Gasteiger partial charge on any atom is -0.337 e. The first-order valence-electron chi connectivity index (χ1n) is 8.01. The summed E-state index contributed by atoms with van der Waals surface area (Å²) in [6.07, 6.45) is -2.14. The molecule has 1 aliphatic heterocycles. The number of hydrogen-bond donors (Lipinski definition) is 0. The van der Waals surface area contributed by atoms with E-state index >= 15 is 0 Å². The molecule has 0 saturated carbocycles. The van der Waals surface area contributed by atoms with Gasteiger partial charge in [-0.25, -0.2) is 0 Å². The van der Waals surface area contributed by atoms with Crippen molar-refractivity contribution in [3.05, 3.63) is 29.3 Å². The lowest BCUT2D eigenvalue weighted by Gasteiger charge is -2.31. The van der Waals surface area contributed by atoms with Gasteiger partial charge in [0.05, 0.1) is 6.20 Å². The second kappa shape index (κ2) is 6.49. The minimum atomic E-state index is -4.48. The van der Waals surface area contributed by atoms with Crippen molar-refractivity contribution in [2.45, 2.75) is 32.5 Å². The molecule has 25 heavy (non-hydrogen) atoms. The molecule has 2 aromatic rings. The van der Waals surface area contributed by atoms with Crippen molar-refractivity contribution in [2.24, 2.45) is 13.0 Å². The molecule has 0 radical (unpaired) electrons. The monoisotopic (exact) mass is 356 g/mol. The number of aryl methyl sites for hydroxylation is 2. The van der Waals surface area contributed by atoms with Crippen LogP contribution in [0, 0.1) is 12.8 Å². The number of piperidine rings is 1. The van der Waals surface area contributed by atoms with Gasteiger partial charge in [0.2, 0.25) is 0 Å². The van der Waals surface area contributed by atoms with Crippen molar-refractivity contribution < 1.29 is 18.0 Å². The molecule has 7 nitrogen and oxygen atoms in total. The van der Waals surface area contributed by atoms with E-state index in [4.69, 9.17) is 0 Å². The fourth-order valence-corrected chi connectivity index (χ4v) is 2.93. The minimum absolute atomic E-state index is 0.109. The Morgan fingerprint density at radius 3 is 2.52 bits per heavy atom. The molecule has 0 N–H and O–H groups in total. The first-order valence-corrected chi connectivity index (χ1v) is 8.01. The quantitative estimate of drug-likeness (QED) is 0.842. The summed E-state index contributed by atoms with van der Waals surface area (Å²) in [7, 11) is 1.78. The van der Waals surface area contributed by atoms with Crippen LogP contribution < -0.4 is 0 Å². The molecule has 1 amide bonds. The van der Waals surface area contributed by atoms with E-state index in [2.05, 4.69) is 15.4 Å². The van der Waals surface area contributed by atoms with Gasteiger partial charge >= 0.3 is 6.18 Å². The largest absolute Gasteiger partial charge is 0.436 e. The zero-order valence-electron chi connectivity index (χ0n) is 14.0. The number of amides is 1. The third-order valence-corrected chi connectivity index (χ3v) is 4.51. The van der Waals surface area contributed by atoms with E-state index in [1.807, 2.05) is 6.92 Å². The zero-order valence-corrected chi connectivity index (χ0v) is 14.0. The maximum Gasteiger partial charge on any atom is 0.436 e. The normalized spacial score (nSPS) is 16.4. The molecule has 3 rings (SSSR count). The van der Waals surface area contributed by atoms with Crippen LogP contribution in [0.15, 0.2) is 12.3 Å². The molecule has 10 heteroatoms. The molecule has 0 spiro atoms. The van der Waals surface area contributed by atoms with Gasteiger partial charge in [-0.1, -0.05) is 5.21 Å². The van der Waals surface area contributed by atoms with Crippen LogP contribution in [0.5, 0.6) is 0 Å². The van der Waals surface area contributed by atoms with E-state index in [1.54, 1.807) is 22.7 Å². The predicted octanol–water partition coefficient (Wildman–Crippen LogP) is 1.89. The highest BCUT2D eigenvalue weighted by Crippen LogP contribution is 2.27. The summed E-state index contributed by atoms with van der Waals surface area (Å²) >= 11 is 0. The summed E-state index contributed by atoms with van der Waals surface area (Å²) in [4.78, 5) is 14.2. The first-order chi connectivity index (χ1) is 11.7. The number of aromatic nitrogens is 5. The summed E-state index contributed by atoms with van der Waals surface area (Å²) in [5.41, 5.74) is 0.347. The number of hydrogen-bond acceptors (Lipinski definition) is 4. The van der Waals surface area contributed by atoms with Gasteiger partial charge in [0, 0.05) is 32.4 Å². The van der Waals surface area contributed by atoms with Crippen LogP contribution in [0.25, 0.3) is 0 Å². The maximum absolute atomic E-state index is 12.5. The van der Waals surface area contributed by atoms with Crippen molar-refractivity contribution in [3.8, 4) is 0 Å². The molecule has 1 saturated heterocycles. The van der Waals surface area contributed by atoms with Gasteiger partial charge in [0.1, 0.15) is 0 Å². The van der Waals surface area contributed by atoms with Gasteiger partial charge in [-0.2, -0.15) is 18.3 Å². The Hall–Kier alpha value is -2.39. The lowest BCUT2D eigenvalue weighted by molar-refractivity contribution is -0.141. The zero-order chi connectivity index (χ0) is 18.2. The Bertz CT molecular complexity index is 738. The second-order valence-corrected chi connectivity index (χ2v) is 6.35. The number of halogens is 3. The third kappa shape index (κ3) is 3.83. The van der Waals surface area contributed by atoms with Gasteiger partial charge in [-0.15, -0.1) is 5.10 Å². The molecule has 136 valence electrons. The SMILES string of the molecule is Cc1cc(C(=O)N2CCC(Cn3cc(C(F)(F)F)nn3)CC2)nn1C. The predicted molar refractivity (Wildman–Crippen MR) is 81.6 cm³/mol. The molecule has 0 bridgehead atoms. The molecular weight excluding hydrogens is 337 g/mol. The van der Waals surface area contributed by atoms with Gasteiger partial charge in [0.15, 0.2) is 11.4 Å². The lowest BCUT2D eigenvalue weighted by Crippen LogP contribution is -2.39. The number of alkyl halides is 3. The number of carbonyl (C=O) groups is 1. The summed E-state index contributed by atoms with van der Waals surface area (Å²) in [5.74, 6) is 0.0552. The van der Waals surface area contributed by atoms with Gasteiger partial charge in [-0.05, 0) is 31.7 Å². The Kier molecular flexibility index (Phi) is 4.53. The van der Waals surface area contributed by atoms with Crippen LogP contribution in [0.2, 0.25) is 0 Å². The molecule has 3 heterocycles. The van der Waals surface area contributed by atoms with E-state index in [1.165, 1.54) is 4.68 Å². The Balaban J connectivity index is 1.55. The number of carbonyl (C=O) groups excluding carboxylic acids is 1. The van der Waals surface area contributed by atoms with Crippen molar-refractivity contribution in [3.63, 3.8) is 0 Å². The van der Waals surface area contributed by atoms with Crippen molar-refractivity contribution in [1.82, 2.24) is 29.7 Å². The lowest BCUT2D eigenvalue weighted by atomic mass is 9.96. The summed E-state index contributed by atoms with van der Waals surface area (Å²) in [6, 6.07) is 1.75. The fourth-order valence-electron chi connectivity index (χ4n) is 2.93. The third-order valence-electron chi connectivity index (χ3n) is 4.51. The van der Waals surface area contributed by atoms with E-state index in [9.17, 15) is 18.0 Å². The van der Waals surface area contributed by atoms with E-state index in [-0.39, 0.29) is 11.8 Å². The van der Waals surface area contributed by atoms with Crippen LogP contribution >= 0.6 is 0 Å². The summed E-state index contributed by atoms with van der Waals surface area (Å²) in [6.45, 7) is 3.36. The fraction of sp³-hybridized carbons (Fsp3) is 0.600. The second-order valence-electron chi connectivity index (χ2n) is 6.35. The Morgan fingerprint density at radius 1 is 1.32 bits per heavy atom. The van der Waals surface area contributed by atoms with Crippen LogP contribution in [0.1, 0.15) is 34.7 Å². The number of nitrogens with zero attached hydrogens (tertiary/aromatic N) is 6. The molecule has 2 aromatic heterocycles. The topological polar surface area (TPSA) is 68.8 Å². The van der Waals surface area contributed by atoms with Crippen molar-refractivity contribution in [1.29, 1.82) is 0 Å². The van der Waals surface area contributed by atoms with Gasteiger partial charge in [-0.3, -0.25) is 14.2 Å². The molecule has 1 aliphatic rings. The van der Waals surface area contributed by atoms with E-state index in [0.717, 1.165) is 11.9 Å². The smallest absolute Gasteiger partial charge is 0.337 e. The molecule has 0 aliphatic carbocycles. The van der Waals surface area contributed by atoms with Gasteiger partial charge in [0.25, 0.3) is 5.91 Å². The highest BCUT2D eigenvalue weighted by Gasteiger charge is 2.34. The van der Waals surface area contributed by atoms with E-state index in [0.29, 0.717) is 38.2 Å². The average Bonchev–Trinajstić information content (AvgIpc) is 3.15. The van der Waals surface area contributed by atoms with Crippen molar-refractivity contribution in [2.75, 3.05) is 13.1 Å². The van der Waals surface area contributed by atoms with Crippen LogP contribution in [0.3, 0.4) is 0 Å². The standard InChI is InChI=1S/C15H19F3N6O/c1-10-7-12(20-22(10)2)14(25)23-5-3-11(4-6-23)8-24-9-13(19-21-24)15(16,17)18/h7,9,11H,3-6,8H2,1-2H3. The molecule has 0 aromatic carbocycles. The molecule has 1 fully saturated rings. The van der Waals surface area contributed by atoms with Gasteiger partial charge < -0.3 is 4.90 Å². The summed E-state index contributed by atoms with van der Waals surface area (Å²) < 4.78 is 40.5. The Labute approximate surface area is 142 Å². The molecule has 0 atom stereocenters. The number of likely N-dealkylation sites (tertiary alicyclic amines) is 1. The maximum atomic E-state index is 12.5. The van der Waals surface area contributed by atoms with Crippen molar-refractivity contribution >= 4 is 5.91 Å². The average molecular weight is 356 g/mol. The summed E-state index contributed by atoms with van der Waals surface area (Å²) in [5, 5.41) is 10.9. The van der Waals surface area contributed by atoms with Crippen LogP contribution in [0.4, 0.5) is 13.2 Å². The van der Waals surface area contributed by atoms with Crippen LogP contribution in [-0.2, 0) is 19.8 Å².